The molecule has 0 atom stereocenters. The fourth-order valence-corrected chi connectivity index (χ4v) is 1.45. The molecule has 0 amide bonds. The third-order valence-corrected chi connectivity index (χ3v) is 2.06. The van der Waals surface area contributed by atoms with Gasteiger partial charge in [-0.1, -0.05) is 0 Å². The number of hydrogen-bond acceptors (Lipinski definition) is 2. The number of nitrogens with one attached hydrogen (secondary N) is 1. The Hall–Kier alpha value is -1.05. The number of fused-ring (bicyclic) bond motifs is 1. The molecule has 58 valence electrons. The third-order valence-electron chi connectivity index (χ3n) is 2.06. The topological polar surface area (TPSA) is 24.9 Å². The van der Waals surface area contributed by atoms with E-state index in [4.69, 9.17) is 0 Å². The lowest BCUT2D eigenvalue weighted by Gasteiger charge is -2.17. The summed E-state index contributed by atoms with van der Waals surface area (Å²) in [5.41, 5.74) is 3.74. The van der Waals surface area contributed by atoms with Crippen molar-refractivity contribution in [2.75, 3.05) is 11.9 Å². The van der Waals surface area contributed by atoms with E-state index in [1.165, 1.54) is 24.1 Å². The second-order valence-electron chi connectivity index (χ2n) is 3.01. The van der Waals surface area contributed by atoms with Gasteiger partial charge in [-0.2, -0.15) is 0 Å². The minimum atomic E-state index is 1.10. The Morgan fingerprint density at radius 3 is 3.36 bits per heavy atom. The zero-order valence-corrected chi connectivity index (χ0v) is 6.72. The summed E-state index contributed by atoms with van der Waals surface area (Å²) in [4.78, 5) is 4.25. The van der Waals surface area contributed by atoms with Crippen molar-refractivity contribution in [3.63, 3.8) is 0 Å². The Morgan fingerprint density at radius 1 is 1.55 bits per heavy atom. The van der Waals surface area contributed by atoms with E-state index in [-0.39, 0.29) is 0 Å². The lowest BCUT2D eigenvalue weighted by atomic mass is 10.1. The Labute approximate surface area is 66.7 Å². The van der Waals surface area contributed by atoms with Crippen LogP contribution in [0.25, 0.3) is 0 Å². The lowest BCUT2D eigenvalue weighted by molar-refractivity contribution is 0.822. The summed E-state index contributed by atoms with van der Waals surface area (Å²) >= 11 is 0. The summed E-state index contributed by atoms with van der Waals surface area (Å²) < 4.78 is 0. The van der Waals surface area contributed by atoms with Gasteiger partial charge in [-0.05, 0) is 31.4 Å². The normalized spacial score (nSPS) is 15.4. The monoisotopic (exact) mass is 148 g/mol. The van der Waals surface area contributed by atoms with E-state index >= 15 is 0 Å². The molecule has 0 bridgehead atoms. The molecular formula is C9H12N2. The van der Waals surface area contributed by atoms with Crippen LogP contribution in [-0.2, 0) is 6.42 Å². The van der Waals surface area contributed by atoms with Gasteiger partial charge < -0.3 is 5.32 Å². The van der Waals surface area contributed by atoms with E-state index in [0.29, 0.717) is 0 Å². The Morgan fingerprint density at radius 2 is 2.45 bits per heavy atom. The predicted octanol–water partition coefficient (Wildman–Crippen LogP) is 1.75. The van der Waals surface area contributed by atoms with Gasteiger partial charge in [-0.15, -0.1) is 0 Å². The van der Waals surface area contributed by atoms with Gasteiger partial charge >= 0.3 is 0 Å². The molecule has 0 aliphatic carbocycles. The molecule has 0 spiro atoms. The Bertz CT molecular complexity index is 268. The van der Waals surface area contributed by atoms with Gasteiger partial charge in [0.25, 0.3) is 0 Å². The quantitative estimate of drug-likeness (QED) is 0.606. The molecule has 0 unspecified atom stereocenters. The van der Waals surface area contributed by atoms with Gasteiger partial charge in [0.05, 0.1) is 0 Å². The average Bonchev–Trinajstić information content (AvgIpc) is 2.04. The van der Waals surface area contributed by atoms with Crippen LogP contribution in [-0.4, -0.2) is 11.5 Å². The highest BCUT2D eigenvalue weighted by Gasteiger charge is 2.07. The zero-order chi connectivity index (χ0) is 7.68. The molecule has 2 rings (SSSR count). The largest absolute Gasteiger partial charge is 0.385 e. The fourth-order valence-electron chi connectivity index (χ4n) is 1.45. The zero-order valence-electron chi connectivity index (χ0n) is 6.72. The molecule has 1 aliphatic rings. The van der Waals surface area contributed by atoms with Crippen LogP contribution >= 0.6 is 0 Å². The first-order chi connectivity index (χ1) is 5.36. The van der Waals surface area contributed by atoms with E-state index in [2.05, 4.69) is 16.4 Å². The van der Waals surface area contributed by atoms with Crippen LogP contribution in [0, 0.1) is 6.92 Å². The molecule has 1 aromatic heterocycles. The minimum absolute atomic E-state index is 1.10. The predicted molar refractivity (Wildman–Crippen MR) is 45.8 cm³/mol. The summed E-state index contributed by atoms with van der Waals surface area (Å²) in [5.74, 6) is 0. The van der Waals surface area contributed by atoms with E-state index in [1.807, 2.05) is 13.1 Å². The number of nitrogens with zero attached hydrogens (tertiary/aromatic N) is 1. The first-order valence-corrected chi connectivity index (χ1v) is 4.05. The van der Waals surface area contributed by atoms with Crippen molar-refractivity contribution in [2.45, 2.75) is 19.8 Å². The second kappa shape index (κ2) is 2.53. The van der Waals surface area contributed by atoms with Crippen molar-refractivity contribution in [1.82, 2.24) is 4.98 Å². The Kier molecular flexibility index (Phi) is 1.53. The first kappa shape index (κ1) is 6.65. The van der Waals surface area contributed by atoms with Gasteiger partial charge in [-0.3, -0.25) is 4.98 Å². The molecule has 0 fully saturated rings. The minimum Gasteiger partial charge on any atom is -0.385 e. The number of rotatable bonds is 0. The van der Waals surface area contributed by atoms with Crippen LogP contribution in [0.1, 0.15) is 17.7 Å². The highest BCUT2D eigenvalue weighted by molar-refractivity contribution is 5.52. The molecule has 11 heavy (non-hydrogen) atoms. The van der Waals surface area contributed by atoms with Crippen molar-refractivity contribution in [1.29, 1.82) is 0 Å². The van der Waals surface area contributed by atoms with Crippen LogP contribution in [0.2, 0.25) is 0 Å². The highest BCUT2D eigenvalue weighted by atomic mass is 14.9. The second-order valence-corrected chi connectivity index (χ2v) is 3.01. The van der Waals surface area contributed by atoms with Gasteiger partial charge in [0, 0.05) is 24.1 Å². The maximum Gasteiger partial charge on any atom is 0.0406 e. The standard InChI is InChI=1S/C9H12N2/c1-7-5-9-8(6-11-7)3-2-4-10-9/h5-6,10H,2-4H2,1H3. The van der Waals surface area contributed by atoms with Crippen molar-refractivity contribution in [2.24, 2.45) is 0 Å². The molecule has 2 heteroatoms. The van der Waals surface area contributed by atoms with E-state index in [0.717, 1.165) is 12.2 Å². The van der Waals surface area contributed by atoms with Crippen LogP contribution in [0.4, 0.5) is 5.69 Å². The molecule has 0 radical (unpaired) electrons. The van der Waals surface area contributed by atoms with Crippen LogP contribution in [0.15, 0.2) is 12.3 Å². The molecule has 1 N–H and O–H groups in total. The molecule has 2 nitrogen and oxygen atoms in total. The smallest absolute Gasteiger partial charge is 0.0406 e. The molecule has 0 saturated carbocycles. The average molecular weight is 148 g/mol. The van der Waals surface area contributed by atoms with Gasteiger partial charge in [-0.25, -0.2) is 0 Å². The molecule has 1 aliphatic heterocycles. The maximum atomic E-state index is 4.25. The summed E-state index contributed by atoms with van der Waals surface area (Å²) in [7, 11) is 0. The highest BCUT2D eigenvalue weighted by Crippen LogP contribution is 2.20. The van der Waals surface area contributed by atoms with Gasteiger partial charge in [0.1, 0.15) is 0 Å². The third kappa shape index (κ3) is 1.20. The summed E-state index contributed by atoms with van der Waals surface area (Å²) in [5, 5.41) is 3.36. The van der Waals surface area contributed by atoms with Gasteiger partial charge in [0.2, 0.25) is 0 Å². The van der Waals surface area contributed by atoms with E-state index in [1.54, 1.807) is 0 Å². The molecule has 0 aromatic carbocycles. The van der Waals surface area contributed by atoms with Crippen molar-refractivity contribution in [3.8, 4) is 0 Å². The SMILES string of the molecule is Cc1cc2c(cn1)CCCN2. The number of aryl methyl sites for hydroxylation is 2. The number of anilines is 1. The number of aromatic nitrogens is 1. The van der Waals surface area contributed by atoms with Crippen LogP contribution in [0.3, 0.4) is 0 Å². The maximum absolute atomic E-state index is 4.25. The number of hydrogen-bond donors (Lipinski definition) is 1. The fraction of sp³-hybridized carbons (Fsp3) is 0.444. The van der Waals surface area contributed by atoms with Crippen molar-refractivity contribution >= 4 is 5.69 Å². The number of pyridine rings is 1. The van der Waals surface area contributed by atoms with Crippen molar-refractivity contribution in [3.05, 3.63) is 23.5 Å². The van der Waals surface area contributed by atoms with Crippen molar-refractivity contribution < 1.29 is 0 Å². The van der Waals surface area contributed by atoms with Gasteiger partial charge in [0.15, 0.2) is 0 Å². The van der Waals surface area contributed by atoms with E-state index < -0.39 is 0 Å². The van der Waals surface area contributed by atoms with Crippen LogP contribution < -0.4 is 5.32 Å². The lowest BCUT2D eigenvalue weighted by Crippen LogP contribution is -2.12. The van der Waals surface area contributed by atoms with Crippen LogP contribution in [0.5, 0.6) is 0 Å². The molecule has 2 heterocycles. The summed E-state index contributed by atoms with van der Waals surface area (Å²) in [6.07, 6.45) is 4.39. The first-order valence-electron chi connectivity index (χ1n) is 4.05. The molecular weight excluding hydrogens is 136 g/mol. The molecule has 1 aromatic rings. The summed E-state index contributed by atoms with van der Waals surface area (Å²) in [6, 6.07) is 2.12. The van der Waals surface area contributed by atoms with E-state index in [9.17, 15) is 0 Å². The molecule has 0 saturated heterocycles. The Balaban J connectivity index is 2.43. The summed E-state index contributed by atoms with van der Waals surface area (Å²) in [6.45, 7) is 3.13.